The summed E-state index contributed by atoms with van der Waals surface area (Å²) in [6, 6.07) is 15.4. The van der Waals surface area contributed by atoms with Crippen LogP contribution in [0.5, 0.6) is 5.75 Å². The summed E-state index contributed by atoms with van der Waals surface area (Å²) in [6.45, 7) is 1.47. The minimum absolute atomic E-state index is 0.0185. The molecule has 4 aromatic rings. The lowest BCUT2D eigenvalue weighted by Gasteiger charge is -2.33. The zero-order valence-electron chi connectivity index (χ0n) is 15.2. The number of carbonyl (C=O) groups is 1. The third-order valence-corrected chi connectivity index (χ3v) is 5.01. The maximum atomic E-state index is 13.1. The van der Waals surface area contributed by atoms with Crippen molar-refractivity contribution in [2.24, 2.45) is 0 Å². The summed E-state index contributed by atoms with van der Waals surface area (Å²) in [4.78, 5) is 22.3. The number of fused-ring (bicyclic) bond motifs is 2. The Balaban J connectivity index is 1.38. The molecule has 0 fully saturated rings. The number of nitrogens with one attached hydrogen (secondary N) is 1. The van der Waals surface area contributed by atoms with Gasteiger partial charge in [-0.2, -0.15) is 5.10 Å². The first-order valence-corrected chi connectivity index (χ1v) is 9.20. The summed E-state index contributed by atoms with van der Waals surface area (Å²) in [6.07, 6.45) is 5.16. The highest BCUT2D eigenvalue weighted by Crippen LogP contribution is 2.24. The number of aromatic nitrogens is 4. The largest absolute Gasteiger partial charge is 0.490 e. The number of pyridine rings is 1. The van der Waals surface area contributed by atoms with E-state index in [2.05, 4.69) is 15.1 Å². The van der Waals surface area contributed by atoms with Crippen LogP contribution in [0, 0.1) is 0 Å². The average Bonchev–Trinajstić information content (AvgIpc) is 3.39. The topological polar surface area (TPSA) is 76.0 Å². The molecule has 0 bridgehead atoms. The van der Waals surface area contributed by atoms with Gasteiger partial charge in [-0.1, -0.05) is 18.2 Å². The molecule has 0 unspecified atom stereocenters. The van der Waals surface area contributed by atoms with Crippen LogP contribution >= 0.6 is 0 Å². The van der Waals surface area contributed by atoms with E-state index in [0.717, 1.165) is 16.6 Å². The number of nitrogens with zero attached hydrogens (tertiary/aromatic N) is 4. The van der Waals surface area contributed by atoms with Crippen molar-refractivity contribution in [1.82, 2.24) is 24.6 Å². The van der Waals surface area contributed by atoms with Gasteiger partial charge in [0.05, 0.1) is 18.4 Å². The van der Waals surface area contributed by atoms with Gasteiger partial charge in [-0.25, -0.2) is 0 Å². The van der Waals surface area contributed by atoms with Crippen LogP contribution in [0.2, 0.25) is 0 Å². The first kappa shape index (κ1) is 16.6. The maximum Gasteiger partial charge on any atom is 0.270 e. The zero-order valence-corrected chi connectivity index (χ0v) is 15.2. The molecule has 3 aromatic heterocycles. The third-order valence-electron chi connectivity index (χ3n) is 5.01. The summed E-state index contributed by atoms with van der Waals surface area (Å²) < 4.78 is 7.83. The molecule has 0 saturated heterocycles. The number of aromatic amines is 1. The standard InChI is InChI=1S/C21H19N5O2/c27-21(20-10-15-4-1-2-6-19(15)24-20)25-12-16-7-9-23-26(16)17(13-25)14-28-18-5-3-8-22-11-18/h1-11,17,24H,12-14H2/t17-/m1/s1. The Labute approximate surface area is 161 Å². The molecule has 0 aliphatic carbocycles. The van der Waals surface area contributed by atoms with Crippen LogP contribution in [0.15, 0.2) is 67.1 Å². The fourth-order valence-corrected chi connectivity index (χ4v) is 3.65. The molecule has 0 radical (unpaired) electrons. The quantitative estimate of drug-likeness (QED) is 0.597. The summed E-state index contributed by atoms with van der Waals surface area (Å²) in [7, 11) is 0. The lowest BCUT2D eigenvalue weighted by Crippen LogP contribution is -2.43. The molecule has 0 spiro atoms. The molecular formula is C21H19N5O2. The monoisotopic (exact) mass is 373 g/mol. The highest BCUT2D eigenvalue weighted by atomic mass is 16.5. The van der Waals surface area contributed by atoms with E-state index in [0.29, 0.717) is 31.1 Å². The Morgan fingerprint density at radius 2 is 2.11 bits per heavy atom. The minimum atomic E-state index is -0.0627. The van der Waals surface area contributed by atoms with Gasteiger partial charge in [-0.05, 0) is 30.3 Å². The second kappa shape index (κ2) is 6.84. The van der Waals surface area contributed by atoms with Crippen molar-refractivity contribution in [2.45, 2.75) is 12.6 Å². The smallest absolute Gasteiger partial charge is 0.270 e. The van der Waals surface area contributed by atoms with Gasteiger partial charge in [0.15, 0.2) is 0 Å². The van der Waals surface area contributed by atoms with E-state index in [9.17, 15) is 4.79 Å². The molecular weight excluding hydrogens is 354 g/mol. The van der Waals surface area contributed by atoms with E-state index in [1.165, 1.54) is 0 Å². The van der Waals surface area contributed by atoms with Crippen molar-refractivity contribution in [1.29, 1.82) is 0 Å². The first-order valence-electron chi connectivity index (χ1n) is 9.20. The first-order chi connectivity index (χ1) is 13.8. The molecule has 1 N–H and O–H groups in total. The van der Waals surface area contributed by atoms with Crippen molar-refractivity contribution >= 4 is 16.8 Å². The van der Waals surface area contributed by atoms with E-state index in [1.54, 1.807) is 18.6 Å². The highest BCUT2D eigenvalue weighted by Gasteiger charge is 2.30. The van der Waals surface area contributed by atoms with Crippen LogP contribution < -0.4 is 4.74 Å². The number of amides is 1. The molecule has 4 heterocycles. The van der Waals surface area contributed by atoms with Crippen molar-refractivity contribution < 1.29 is 9.53 Å². The van der Waals surface area contributed by atoms with Crippen molar-refractivity contribution in [2.75, 3.05) is 13.2 Å². The Bertz CT molecular complexity index is 1090. The van der Waals surface area contributed by atoms with Crippen LogP contribution in [0.25, 0.3) is 10.9 Å². The summed E-state index contributed by atoms with van der Waals surface area (Å²) >= 11 is 0. The molecule has 1 atom stereocenters. The van der Waals surface area contributed by atoms with Crippen LogP contribution in [-0.2, 0) is 6.54 Å². The predicted octanol–water partition coefficient (Wildman–Crippen LogP) is 3.04. The number of benzene rings is 1. The third kappa shape index (κ3) is 3.00. The van der Waals surface area contributed by atoms with Crippen LogP contribution in [0.3, 0.4) is 0 Å². The fraction of sp³-hybridized carbons (Fsp3) is 0.190. The van der Waals surface area contributed by atoms with Gasteiger partial charge in [-0.15, -0.1) is 0 Å². The molecule has 5 rings (SSSR count). The molecule has 1 aliphatic heterocycles. The van der Waals surface area contributed by atoms with Gasteiger partial charge < -0.3 is 14.6 Å². The Kier molecular flexibility index (Phi) is 4.05. The normalized spacial score (nSPS) is 16.1. The lowest BCUT2D eigenvalue weighted by molar-refractivity contribution is 0.0628. The van der Waals surface area contributed by atoms with E-state index in [4.69, 9.17) is 4.74 Å². The SMILES string of the molecule is O=C(c1cc2ccccc2[nH]1)N1Cc2ccnn2[C@@H](COc2cccnc2)C1. The van der Waals surface area contributed by atoms with Gasteiger partial charge in [-0.3, -0.25) is 14.5 Å². The zero-order chi connectivity index (χ0) is 18.9. The molecule has 140 valence electrons. The molecule has 7 nitrogen and oxygen atoms in total. The van der Waals surface area contributed by atoms with E-state index in [-0.39, 0.29) is 11.9 Å². The molecule has 0 saturated carbocycles. The van der Waals surface area contributed by atoms with Gasteiger partial charge in [0.25, 0.3) is 5.91 Å². The van der Waals surface area contributed by atoms with Gasteiger partial charge in [0.1, 0.15) is 24.1 Å². The van der Waals surface area contributed by atoms with E-state index in [1.807, 2.05) is 58.1 Å². The second-order valence-corrected chi connectivity index (χ2v) is 6.88. The number of H-pyrrole nitrogens is 1. The predicted molar refractivity (Wildman–Crippen MR) is 104 cm³/mol. The number of rotatable bonds is 4. The summed E-state index contributed by atoms with van der Waals surface area (Å²) in [5.41, 5.74) is 2.56. The highest BCUT2D eigenvalue weighted by molar-refractivity contribution is 5.98. The Hall–Kier alpha value is -3.61. The van der Waals surface area contributed by atoms with Crippen molar-refractivity contribution in [3.05, 3.63) is 78.5 Å². The fourth-order valence-electron chi connectivity index (χ4n) is 3.65. The number of para-hydroxylation sites is 1. The second-order valence-electron chi connectivity index (χ2n) is 6.88. The van der Waals surface area contributed by atoms with Crippen molar-refractivity contribution in [3.8, 4) is 5.75 Å². The molecule has 7 heteroatoms. The summed E-state index contributed by atoms with van der Waals surface area (Å²) in [5, 5.41) is 5.46. The van der Waals surface area contributed by atoms with Crippen LogP contribution in [0.4, 0.5) is 0 Å². The molecule has 28 heavy (non-hydrogen) atoms. The number of ether oxygens (including phenoxy) is 1. The molecule has 1 aliphatic rings. The molecule has 1 aromatic carbocycles. The van der Waals surface area contributed by atoms with Gasteiger partial charge in [0, 0.05) is 29.8 Å². The van der Waals surface area contributed by atoms with E-state index < -0.39 is 0 Å². The maximum absolute atomic E-state index is 13.1. The average molecular weight is 373 g/mol. The van der Waals surface area contributed by atoms with Gasteiger partial charge >= 0.3 is 0 Å². The lowest BCUT2D eigenvalue weighted by atomic mass is 10.2. The Morgan fingerprint density at radius 1 is 1.18 bits per heavy atom. The van der Waals surface area contributed by atoms with Crippen LogP contribution in [-0.4, -0.2) is 43.7 Å². The number of carbonyl (C=O) groups excluding carboxylic acids is 1. The van der Waals surface area contributed by atoms with Crippen molar-refractivity contribution in [3.63, 3.8) is 0 Å². The molecule has 1 amide bonds. The van der Waals surface area contributed by atoms with Gasteiger partial charge in [0.2, 0.25) is 0 Å². The van der Waals surface area contributed by atoms with Crippen LogP contribution in [0.1, 0.15) is 22.2 Å². The van der Waals surface area contributed by atoms with E-state index >= 15 is 0 Å². The number of hydrogen-bond acceptors (Lipinski definition) is 4. The Morgan fingerprint density at radius 3 is 2.96 bits per heavy atom. The minimum Gasteiger partial charge on any atom is -0.490 e. The summed E-state index contributed by atoms with van der Waals surface area (Å²) in [5.74, 6) is 0.685. The number of hydrogen-bond donors (Lipinski definition) is 1.